The molecular weight excluding hydrogens is 628 g/mol. The van der Waals surface area contributed by atoms with Crippen molar-refractivity contribution in [3.63, 3.8) is 0 Å². The molecule has 2 heterocycles. The summed E-state index contributed by atoms with van der Waals surface area (Å²) in [4.78, 5) is 45.1. The van der Waals surface area contributed by atoms with Crippen molar-refractivity contribution in [1.29, 1.82) is 0 Å². The zero-order valence-corrected chi connectivity index (χ0v) is 27.5. The highest BCUT2D eigenvalue weighted by Crippen LogP contribution is 2.56. The van der Waals surface area contributed by atoms with Gasteiger partial charge in [0.25, 0.3) is 5.91 Å². The van der Waals surface area contributed by atoms with Crippen LogP contribution in [-0.4, -0.2) is 53.8 Å². The number of amides is 1. The van der Waals surface area contributed by atoms with Crippen LogP contribution in [0.3, 0.4) is 0 Å². The molecule has 5 saturated carbocycles. The highest BCUT2D eigenvalue weighted by Gasteiger charge is 2.57. The summed E-state index contributed by atoms with van der Waals surface area (Å²) in [6, 6.07) is 19.8. The Hall–Kier alpha value is -4.35. The summed E-state index contributed by atoms with van der Waals surface area (Å²) in [5.74, 6) is 0.168. The largest absolute Gasteiger partial charge is 0.464 e. The standard InChI is InChI=1S/C37H38N4O6S/c1-47-36(44)32-30(33(42)29-8-5-15-38-34(29)41(32)27-6-3-2-4-7-27)18-22-9-11-24(12-10-22)35(43)39-31-25-16-23-17-26(31)21-37(19-23,20-25)40-48(45,46)28-13-14-28/h2-12,15,23,25-26,28,31,40H,13-14,16-21H2,1H3,(H,39,43)/t23-,25-,26+,31-,37-. The van der Waals surface area contributed by atoms with E-state index in [9.17, 15) is 22.8 Å². The van der Waals surface area contributed by atoms with E-state index in [1.54, 1.807) is 35.0 Å². The molecule has 5 aliphatic carbocycles. The van der Waals surface area contributed by atoms with Crippen LogP contribution in [0.2, 0.25) is 0 Å². The summed E-state index contributed by atoms with van der Waals surface area (Å²) in [5, 5.41) is 3.46. The maximum atomic E-state index is 13.8. The summed E-state index contributed by atoms with van der Waals surface area (Å²) in [6.07, 6.45) is 7.68. The molecule has 0 aliphatic heterocycles. The predicted molar refractivity (Wildman–Crippen MR) is 181 cm³/mol. The Bertz CT molecular complexity index is 2080. The number of para-hydroxylation sites is 1. The number of carbonyl (C=O) groups excluding carboxylic acids is 2. The van der Waals surface area contributed by atoms with Gasteiger partial charge in [0, 0.05) is 41.0 Å². The molecule has 5 atom stereocenters. The quantitative estimate of drug-likeness (QED) is 0.251. The number of hydrogen-bond donors (Lipinski definition) is 2. The number of benzene rings is 2. The van der Waals surface area contributed by atoms with Crippen LogP contribution in [0.15, 0.2) is 77.7 Å². The predicted octanol–water partition coefficient (Wildman–Crippen LogP) is 4.52. The zero-order valence-electron chi connectivity index (χ0n) is 26.7. The molecule has 2 aromatic carbocycles. The molecule has 2 N–H and O–H groups in total. The van der Waals surface area contributed by atoms with Crippen LogP contribution in [0.4, 0.5) is 0 Å². The van der Waals surface area contributed by atoms with Crippen molar-refractivity contribution in [3.05, 3.63) is 106 Å². The second kappa shape index (κ2) is 11.7. The Balaban J connectivity index is 1.04. The van der Waals surface area contributed by atoms with E-state index < -0.39 is 16.0 Å². The van der Waals surface area contributed by atoms with Crippen molar-refractivity contribution in [2.45, 2.75) is 68.2 Å². The van der Waals surface area contributed by atoms with Crippen molar-refractivity contribution >= 4 is 32.9 Å². The van der Waals surface area contributed by atoms with Gasteiger partial charge in [-0.15, -0.1) is 0 Å². The first-order chi connectivity index (χ1) is 23.1. The van der Waals surface area contributed by atoms with Gasteiger partial charge in [-0.25, -0.2) is 22.9 Å². The number of hydrogen-bond acceptors (Lipinski definition) is 7. The molecule has 1 amide bonds. The average Bonchev–Trinajstić information content (AvgIpc) is 3.94. The summed E-state index contributed by atoms with van der Waals surface area (Å²) in [5.41, 5.74) is 2.02. The topological polar surface area (TPSA) is 136 Å². The summed E-state index contributed by atoms with van der Waals surface area (Å²) in [7, 11) is -2.00. The highest BCUT2D eigenvalue weighted by atomic mass is 32.2. The lowest BCUT2D eigenvalue weighted by Crippen LogP contribution is -2.66. The van der Waals surface area contributed by atoms with Gasteiger partial charge in [0.15, 0.2) is 5.43 Å². The van der Waals surface area contributed by atoms with E-state index in [1.807, 2.05) is 42.5 Å². The smallest absolute Gasteiger partial charge is 0.355 e. The van der Waals surface area contributed by atoms with Gasteiger partial charge in [-0.2, -0.15) is 0 Å². The molecular formula is C37H38N4O6S. The van der Waals surface area contributed by atoms with Gasteiger partial charge in [-0.1, -0.05) is 30.3 Å². The Morgan fingerprint density at radius 3 is 2.33 bits per heavy atom. The number of ether oxygens (including phenoxy) is 1. The maximum Gasteiger partial charge on any atom is 0.355 e. The number of fused-ring (bicyclic) bond motifs is 1. The molecule has 48 heavy (non-hydrogen) atoms. The Labute approximate surface area is 279 Å². The fourth-order valence-electron chi connectivity index (χ4n) is 8.93. The van der Waals surface area contributed by atoms with Gasteiger partial charge >= 0.3 is 5.97 Å². The van der Waals surface area contributed by atoms with Crippen molar-refractivity contribution < 1.29 is 22.7 Å². The van der Waals surface area contributed by atoms with E-state index in [0.29, 0.717) is 28.2 Å². The molecule has 5 fully saturated rings. The Kier molecular flexibility index (Phi) is 7.52. The molecule has 0 radical (unpaired) electrons. The highest BCUT2D eigenvalue weighted by molar-refractivity contribution is 7.90. The van der Waals surface area contributed by atoms with Crippen LogP contribution in [-0.2, 0) is 21.2 Å². The van der Waals surface area contributed by atoms with Crippen LogP contribution >= 0.6 is 0 Å². The number of carbonyl (C=O) groups is 2. The van der Waals surface area contributed by atoms with Crippen LogP contribution in [0.25, 0.3) is 16.7 Å². The summed E-state index contributed by atoms with van der Waals surface area (Å²) >= 11 is 0. The molecule has 2 aromatic heterocycles. The van der Waals surface area contributed by atoms with Crippen molar-refractivity contribution in [3.8, 4) is 5.69 Å². The zero-order chi connectivity index (χ0) is 33.2. The number of sulfonamides is 1. The first kappa shape index (κ1) is 31.0. The third-order valence-electron chi connectivity index (χ3n) is 10.9. The molecule has 5 aliphatic rings. The minimum atomic E-state index is -3.29. The molecule has 10 nitrogen and oxygen atoms in total. The number of nitrogens with one attached hydrogen (secondary N) is 2. The number of nitrogens with zero attached hydrogens (tertiary/aromatic N) is 2. The van der Waals surface area contributed by atoms with E-state index in [1.165, 1.54) is 7.11 Å². The van der Waals surface area contributed by atoms with Crippen molar-refractivity contribution in [2.24, 2.45) is 17.8 Å². The first-order valence-electron chi connectivity index (χ1n) is 16.7. The lowest BCUT2D eigenvalue weighted by Gasteiger charge is -2.60. The fourth-order valence-corrected chi connectivity index (χ4v) is 10.7. The van der Waals surface area contributed by atoms with Crippen molar-refractivity contribution in [1.82, 2.24) is 19.6 Å². The Morgan fingerprint density at radius 1 is 0.958 bits per heavy atom. The van der Waals surface area contributed by atoms with Gasteiger partial charge in [0.1, 0.15) is 11.3 Å². The number of pyridine rings is 2. The minimum Gasteiger partial charge on any atom is -0.464 e. The van der Waals surface area contributed by atoms with Crippen LogP contribution in [0.1, 0.15) is 76.9 Å². The molecule has 0 spiro atoms. The van der Waals surface area contributed by atoms with Gasteiger partial charge in [-0.05, 0) is 105 Å². The fraction of sp³-hybridized carbons (Fsp3) is 0.405. The van der Waals surface area contributed by atoms with E-state index in [0.717, 1.165) is 50.5 Å². The van der Waals surface area contributed by atoms with Crippen LogP contribution in [0.5, 0.6) is 0 Å². The minimum absolute atomic E-state index is 0.0116. The first-order valence-corrected chi connectivity index (χ1v) is 18.3. The molecule has 248 valence electrons. The SMILES string of the molecule is COC(=O)c1c(Cc2ccc(C(=O)N[C@@H]3[C@@H]4C[C@@H]5C[C@H]3C[C@@](NS(=O)(=O)C3CC3)(C5)C4)cc2)c(=O)c2cccnc2n1-c1ccccc1. The third-order valence-corrected chi connectivity index (χ3v) is 13.0. The molecule has 4 aromatic rings. The van der Waals surface area contributed by atoms with E-state index in [4.69, 9.17) is 4.74 Å². The number of rotatable bonds is 9. The van der Waals surface area contributed by atoms with Gasteiger partial charge < -0.3 is 10.1 Å². The monoisotopic (exact) mass is 666 g/mol. The van der Waals surface area contributed by atoms with E-state index in [-0.39, 0.29) is 57.7 Å². The molecule has 11 heteroatoms. The molecule has 0 unspecified atom stereocenters. The molecule has 4 bridgehead atoms. The van der Waals surface area contributed by atoms with Gasteiger partial charge in [-0.3, -0.25) is 14.2 Å². The number of esters is 1. The third kappa shape index (κ3) is 5.42. The molecule has 0 saturated heterocycles. The van der Waals surface area contributed by atoms with Crippen LogP contribution in [0, 0.1) is 17.8 Å². The Morgan fingerprint density at radius 2 is 1.67 bits per heavy atom. The van der Waals surface area contributed by atoms with Gasteiger partial charge in [0.2, 0.25) is 10.0 Å². The number of methoxy groups -OCH3 is 1. The number of aromatic nitrogens is 2. The maximum absolute atomic E-state index is 13.8. The van der Waals surface area contributed by atoms with Gasteiger partial charge in [0.05, 0.1) is 17.7 Å². The second-order valence-corrected chi connectivity index (χ2v) is 16.1. The summed E-state index contributed by atoms with van der Waals surface area (Å²) < 4.78 is 35.7. The average molecular weight is 667 g/mol. The second-order valence-electron chi connectivity index (χ2n) is 14.2. The normalized spacial score (nSPS) is 26.0. The van der Waals surface area contributed by atoms with E-state index in [2.05, 4.69) is 15.0 Å². The molecule has 9 rings (SSSR count). The van der Waals surface area contributed by atoms with Crippen molar-refractivity contribution in [2.75, 3.05) is 7.11 Å². The lowest BCUT2D eigenvalue weighted by atomic mass is 9.51. The van der Waals surface area contributed by atoms with Crippen LogP contribution < -0.4 is 15.5 Å². The van der Waals surface area contributed by atoms with E-state index >= 15 is 0 Å². The summed E-state index contributed by atoms with van der Waals surface area (Å²) in [6.45, 7) is 0. The lowest BCUT2D eigenvalue weighted by molar-refractivity contribution is -0.0348.